The normalized spacial score (nSPS) is 10.7. The molecule has 4 aromatic heterocycles. The van der Waals surface area contributed by atoms with Crippen LogP contribution in [0.3, 0.4) is 0 Å². The molecule has 0 radical (unpaired) electrons. The zero-order chi connectivity index (χ0) is 18.8. The molecule has 0 fully saturated rings. The molecular formula is C18H15N7OS. The van der Waals surface area contributed by atoms with E-state index >= 15 is 0 Å². The van der Waals surface area contributed by atoms with Gasteiger partial charge < -0.3 is 0 Å². The summed E-state index contributed by atoms with van der Waals surface area (Å²) in [6.45, 7) is 4.04. The predicted octanol–water partition coefficient (Wildman–Crippen LogP) is 3.05. The number of aryl methyl sites for hydroxylation is 1. The molecular weight excluding hydrogens is 362 g/mol. The highest BCUT2D eigenvalue weighted by Crippen LogP contribution is 2.27. The third-order valence-corrected chi connectivity index (χ3v) is 4.87. The van der Waals surface area contributed by atoms with E-state index in [1.807, 2.05) is 25.3 Å². The standard InChI is InChI=1S/C18H15N7OS/c1-11-5-7-20-16(12(11)2)14-10-27-18(22-14)23-17(26)15-9-21-24-25(15)13-4-3-6-19-8-13/h3-10H,1-2H3,(H,22,23,26). The Kier molecular flexibility index (Phi) is 4.43. The van der Waals surface area contributed by atoms with Crippen molar-refractivity contribution in [3.63, 3.8) is 0 Å². The summed E-state index contributed by atoms with van der Waals surface area (Å²) in [6.07, 6.45) is 6.42. The molecule has 1 N–H and O–H groups in total. The minimum atomic E-state index is -0.348. The van der Waals surface area contributed by atoms with Crippen molar-refractivity contribution in [2.75, 3.05) is 5.32 Å². The first-order valence-electron chi connectivity index (χ1n) is 8.14. The van der Waals surface area contributed by atoms with E-state index in [0.29, 0.717) is 16.5 Å². The van der Waals surface area contributed by atoms with Crippen LogP contribution in [0.1, 0.15) is 21.6 Å². The second kappa shape index (κ2) is 7.04. The van der Waals surface area contributed by atoms with Crippen molar-refractivity contribution in [3.8, 4) is 17.1 Å². The summed E-state index contributed by atoms with van der Waals surface area (Å²) in [7, 11) is 0. The van der Waals surface area contributed by atoms with Crippen LogP contribution in [0.15, 0.2) is 48.4 Å². The zero-order valence-electron chi connectivity index (χ0n) is 14.6. The fraction of sp³-hybridized carbons (Fsp3) is 0.111. The molecule has 4 heterocycles. The number of amides is 1. The van der Waals surface area contributed by atoms with Crippen LogP contribution < -0.4 is 5.32 Å². The van der Waals surface area contributed by atoms with Gasteiger partial charge in [0, 0.05) is 17.8 Å². The van der Waals surface area contributed by atoms with Gasteiger partial charge in [0.2, 0.25) is 0 Å². The Bertz CT molecular complexity index is 1100. The Balaban J connectivity index is 1.58. The fourth-order valence-electron chi connectivity index (χ4n) is 2.55. The fourth-order valence-corrected chi connectivity index (χ4v) is 3.24. The van der Waals surface area contributed by atoms with Gasteiger partial charge in [-0.2, -0.15) is 0 Å². The molecule has 0 saturated heterocycles. The number of pyridine rings is 2. The minimum Gasteiger partial charge on any atom is -0.296 e. The smallest absolute Gasteiger partial charge is 0.277 e. The first-order chi connectivity index (χ1) is 13.1. The van der Waals surface area contributed by atoms with Gasteiger partial charge in [-0.25, -0.2) is 9.67 Å². The molecule has 134 valence electrons. The second-order valence-corrected chi connectivity index (χ2v) is 6.69. The Morgan fingerprint density at radius 1 is 1.19 bits per heavy atom. The number of hydrogen-bond acceptors (Lipinski definition) is 7. The van der Waals surface area contributed by atoms with Crippen LogP contribution in [-0.2, 0) is 0 Å². The van der Waals surface area contributed by atoms with Gasteiger partial charge in [0.05, 0.1) is 23.8 Å². The summed E-state index contributed by atoms with van der Waals surface area (Å²) in [5.41, 5.74) is 4.71. The topological polar surface area (TPSA) is 98.5 Å². The van der Waals surface area contributed by atoms with Gasteiger partial charge in [0.25, 0.3) is 5.91 Å². The van der Waals surface area contributed by atoms with Crippen LogP contribution in [0.5, 0.6) is 0 Å². The summed E-state index contributed by atoms with van der Waals surface area (Å²) >= 11 is 1.34. The molecule has 0 spiro atoms. The van der Waals surface area contributed by atoms with Crippen LogP contribution in [0.25, 0.3) is 17.1 Å². The number of rotatable bonds is 4. The van der Waals surface area contributed by atoms with Gasteiger partial charge in [-0.1, -0.05) is 5.21 Å². The quantitative estimate of drug-likeness (QED) is 0.587. The van der Waals surface area contributed by atoms with Crippen LogP contribution >= 0.6 is 11.3 Å². The lowest BCUT2D eigenvalue weighted by atomic mass is 10.1. The maximum atomic E-state index is 12.7. The van der Waals surface area contributed by atoms with Crippen LogP contribution in [0.2, 0.25) is 0 Å². The Hall–Kier alpha value is -3.46. The first-order valence-corrected chi connectivity index (χ1v) is 9.02. The summed E-state index contributed by atoms with van der Waals surface area (Å²) in [6, 6.07) is 5.52. The highest BCUT2D eigenvalue weighted by atomic mass is 32.1. The average molecular weight is 377 g/mol. The van der Waals surface area contributed by atoms with Crippen molar-refractivity contribution in [2.45, 2.75) is 13.8 Å². The Morgan fingerprint density at radius 2 is 2.07 bits per heavy atom. The van der Waals surface area contributed by atoms with Crippen molar-refractivity contribution >= 4 is 22.4 Å². The summed E-state index contributed by atoms with van der Waals surface area (Å²) in [5, 5.41) is 13.0. The van der Waals surface area contributed by atoms with Crippen molar-refractivity contribution < 1.29 is 4.79 Å². The SMILES string of the molecule is Cc1ccnc(-c2csc(NC(=O)c3cnnn3-c3cccnc3)n2)c1C. The number of nitrogens with one attached hydrogen (secondary N) is 1. The van der Waals surface area contributed by atoms with Gasteiger partial charge in [0.1, 0.15) is 5.69 Å². The van der Waals surface area contributed by atoms with Gasteiger partial charge in [-0.05, 0) is 43.2 Å². The van der Waals surface area contributed by atoms with Crippen molar-refractivity contribution in [2.24, 2.45) is 0 Å². The van der Waals surface area contributed by atoms with Crippen LogP contribution in [-0.4, -0.2) is 35.9 Å². The van der Waals surface area contributed by atoms with E-state index in [1.165, 1.54) is 22.2 Å². The van der Waals surface area contributed by atoms with Gasteiger partial charge >= 0.3 is 0 Å². The molecule has 1 amide bonds. The maximum absolute atomic E-state index is 12.7. The summed E-state index contributed by atoms with van der Waals surface area (Å²) in [5.74, 6) is -0.348. The average Bonchev–Trinajstić information content (AvgIpc) is 3.34. The van der Waals surface area contributed by atoms with Crippen LogP contribution in [0, 0.1) is 13.8 Å². The van der Waals surface area contributed by atoms with Gasteiger partial charge in [0.15, 0.2) is 10.8 Å². The number of nitrogens with zero attached hydrogens (tertiary/aromatic N) is 6. The van der Waals surface area contributed by atoms with E-state index in [2.05, 4.69) is 30.6 Å². The lowest BCUT2D eigenvalue weighted by Gasteiger charge is -2.05. The van der Waals surface area contributed by atoms with Crippen molar-refractivity contribution in [3.05, 3.63) is 65.2 Å². The predicted molar refractivity (Wildman–Crippen MR) is 102 cm³/mol. The van der Waals surface area contributed by atoms with Crippen molar-refractivity contribution in [1.29, 1.82) is 0 Å². The molecule has 9 heteroatoms. The van der Waals surface area contributed by atoms with E-state index in [9.17, 15) is 4.79 Å². The van der Waals surface area contributed by atoms with E-state index in [-0.39, 0.29) is 5.91 Å². The molecule has 8 nitrogen and oxygen atoms in total. The first kappa shape index (κ1) is 17.0. The van der Waals surface area contributed by atoms with E-state index in [0.717, 1.165) is 22.5 Å². The molecule has 0 aromatic carbocycles. The van der Waals surface area contributed by atoms with E-state index in [4.69, 9.17) is 0 Å². The lowest BCUT2D eigenvalue weighted by Crippen LogP contribution is -2.17. The molecule has 27 heavy (non-hydrogen) atoms. The maximum Gasteiger partial charge on any atom is 0.277 e. The molecule has 4 rings (SSSR count). The molecule has 0 aliphatic heterocycles. The third-order valence-electron chi connectivity index (χ3n) is 4.11. The van der Waals surface area contributed by atoms with Gasteiger partial charge in [-0.15, -0.1) is 16.4 Å². The highest BCUT2D eigenvalue weighted by molar-refractivity contribution is 7.14. The third kappa shape index (κ3) is 3.32. The lowest BCUT2D eigenvalue weighted by molar-refractivity contribution is 0.101. The molecule has 4 aromatic rings. The minimum absolute atomic E-state index is 0.296. The monoisotopic (exact) mass is 377 g/mol. The largest absolute Gasteiger partial charge is 0.296 e. The zero-order valence-corrected chi connectivity index (χ0v) is 15.4. The highest BCUT2D eigenvalue weighted by Gasteiger charge is 2.17. The van der Waals surface area contributed by atoms with Crippen LogP contribution in [0.4, 0.5) is 5.13 Å². The van der Waals surface area contributed by atoms with E-state index < -0.39 is 0 Å². The molecule has 0 atom stereocenters. The molecule has 0 saturated carbocycles. The molecule has 0 unspecified atom stereocenters. The Morgan fingerprint density at radius 3 is 2.89 bits per heavy atom. The summed E-state index contributed by atoms with van der Waals surface area (Å²) in [4.78, 5) is 25.6. The van der Waals surface area contributed by atoms with Gasteiger partial charge in [-0.3, -0.25) is 20.1 Å². The number of carbonyl (C=O) groups excluding carboxylic acids is 1. The number of hydrogen-bond donors (Lipinski definition) is 1. The number of thiazole rings is 1. The van der Waals surface area contributed by atoms with E-state index in [1.54, 1.807) is 30.7 Å². The molecule has 0 aliphatic carbocycles. The van der Waals surface area contributed by atoms with Crippen molar-refractivity contribution in [1.82, 2.24) is 29.9 Å². The second-order valence-electron chi connectivity index (χ2n) is 5.84. The molecule has 0 aliphatic rings. The number of aromatic nitrogens is 6. The molecule has 0 bridgehead atoms. The Labute approximate surface area is 159 Å². The number of carbonyl (C=O) groups is 1. The summed E-state index contributed by atoms with van der Waals surface area (Å²) < 4.78 is 1.43. The number of anilines is 1.